The minimum atomic E-state index is -0.0425. The number of rotatable bonds is 4. The largest absolute Gasteiger partial charge is 0.399 e. The van der Waals surface area contributed by atoms with Crippen molar-refractivity contribution in [3.63, 3.8) is 0 Å². The number of anilines is 1. The van der Waals surface area contributed by atoms with Gasteiger partial charge in [-0.15, -0.1) is 0 Å². The molecule has 3 nitrogen and oxygen atoms in total. The van der Waals surface area contributed by atoms with Gasteiger partial charge in [-0.1, -0.05) is 46.3 Å². The van der Waals surface area contributed by atoms with Gasteiger partial charge in [-0.25, -0.2) is 0 Å². The first kappa shape index (κ1) is 14.6. The maximum Gasteiger partial charge on any atom is 0.224 e. The van der Waals surface area contributed by atoms with Crippen LogP contribution >= 0.6 is 15.9 Å². The van der Waals surface area contributed by atoms with Crippen LogP contribution in [0.3, 0.4) is 0 Å². The van der Waals surface area contributed by atoms with E-state index >= 15 is 0 Å². The highest BCUT2D eigenvalue weighted by Gasteiger charge is 2.12. The Morgan fingerprint density at radius 2 is 2.00 bits per heavy atom. The lowest BCUT2D eigenvalue weighted by molar-refractivity contribution is -0.121. The van der Waals surface area contributed by atoms with Gasteiger partial charge < -0.3 is 11.1 Å². The molecule has 0 bridgehead atoms. The molecule has 0 aliphatic rings. The minimum Gasteiger partial charge on any atom is -0.399 e. The van der Waals surface area contributed by atoms with Crippen LogP contribution in [0.1, 0.15) is 24.1 Å². The molecular weight excluding hydrogens is 316 g/mol. The van der Waals surface area contributed by atoms with Gasteiger partial charge in [-0.2, -0.15) is 0 Å². The maximum atomic E-state index is 12.1. The minimum absolute atomic E-state index is 0.0150. The Balaban J connectivity index is 2.00. The zero-order valence-corrected chi connectivity index (χ0v) is 12.9. The first-order chi connectivity index (χ1) is 9.56. The highest BCUT2D eigenvalue weighted by atomic mass is 79.9. The number of benzene rings is 2. The monoisotopic (exact) mass is 332 g/mol. The van der Waals surface area contributed by atoms with Crippen LogP contribution in [-0.4, -0.2) is 5.91 Å². The van der Waals surface area contributed by atoms with Gasteiger partial charge in [0.2, 0.25) is 5.91 Å². The molecule has 0 radical (unpaired) electrons. The van der Waals surface area contributed by atoms with Crippen LogP contribution in [0.5, 0.6) is 0 Å². The van der Waals surface area contributed by atoms with Crippen molar-refractivity contribution in [1.29, 1.82) is 0 Å². The molecule has 1 atom stereocenters. The van der Waals surface area contributed by atoms with Crippen molar-refractivity contribution in [2.24, 2.45) is 0 Å². The van der Waals surface area contributed by atoms with Gasteiger partial charge in [-0.3, -0.25) is 4.79 Å². The summed E-state index contributed by atoms with van der Waals surface area (Å²) in [5.41, 5.74) is 8.37. The van der Waals surface area contributed by atoms with E-state index in [0.717, 1.165) is 15.6 Å². The highest BCUT2D eigenvalue weighted by molar-refractivity contribution is 9.10. The first-order valence-electron chi connectivity index (χ1n) is 6.44. The van der Waals surface area contributed by atoms with Crippen LogP contribution in [-0.2, 0) is 11.2 Å². The smallest absolute Gasteiger partial charge is 0.224 e. The fraction of sp³-hybridized carbons (Fsp3) is 0.188. The van der Waals surface area contributed by atoms with Gasteiger partial charge in [0.15, 0.2) is 0 Å². The van der Waals surface area contributed by atoms with Gasteiger partial charge in [0, 0.05) is 10.2 Å². The molecule has 3 N–H and O–H groups in total. The first-order valence-corrected chi connectivity index (χ1v) is 7.24. The third-order valence-electron chi connectivity index (χ3n) is 3.06. The SMILES string of the molecule is C[C@H](NC(=O)Cc1cccc(N)c1)c1ccccc1Br. The molecule has 0 saturated heterocycles. The third kappa shape index (κ3) is 3.84. The molecule has 0 unspecified atom stereocenters. The topological polar surface area (TPSA) is 55.1 Å². The van der Waals surface area contributed by atoms with Crippen LogP contribution in [0, 0.1) is 0 Å². The lowest BCUT2D eigenvalue weighted by Crippen LogP contribution is -2.28. The number of hydrogen-bond acceptors (Lipinski definition) is 2. The standard InChI is InChI=1S/C16H17BrN2O/c1-11(14-7-2-3-8-15(14)17)19-16(20)10-12-5-4-6-13(18)9-12/h2-9,11H,10,18H2,1H3,(H,19,20)/t11-/m0/s1. The average molecular weight is 333 g/mol. The normalized spacial score (nSPS) is 11.9. The molecule has 1 amide bonds. The molecule has 2 aromatic rings. The maximum absolute atomic E-state index is 12.1. The summed E-state index contributed by atoms with van der Waals surface area (Å²) >= 11 is 3.50. The van der Waals surface area contributed by atoms with Crippen molar-refractivity contribution < 1.29 is 4.79 Å². The van der Waals surface area contributed by atoms with Crippen LogP contribution in [0.15, 0.2) is 53.0 Å². The van der Waals surface area contributed by atoms with E-state index in [4.69, 9.17) is 5.73 Å². The van der Waals surface area contributed by atoms with Crippen molar-refractivity contribution in [1.82, 2.24) is 5.32 Å². The highest BCUT2D eigenvalue weighted by Crippen LogP contribution is 2.22. The molecule has 0 heterocycles. The summed E-state index contributed by atoms with van der Waals surface area (Å²) < 4.78 is 0.997. The summed E-state index contributed by atoms with van der Waals surface area (Å²) in [7, 11) is 0. The lowest BCUT2D eigenvalue weighted by Gasteiger charge is -2.16. The number of carbonyl (C=O) groups is 1. The number of carbonyl (C=O) groups excluding carboxylic acids is 1. The predicted octanol–water partition coefficient (Wildman–Crippen LogP) is 3.45. The van der Waals surface area contributed by atoms with Crippen LogP contribution in [0.2, 0.25) is 0 Å². The van der Waals surface area contributed by atoms with Crippen LogP contribution in [0.4, 0.5) is 5.69 Å². The van der Waals surface area contributed by atoms with Gasteiger partial charge in [-0.05, 0) is 36.2 Å². The van der Waals surface area contributed by atoms with Crippen molar-refractivity contribution >= 4 is 27.5 Å². The van der Waals surface area contributed by atoms with E-state index < -0.39 is 0 Å². The molecule has 2 aromatic carbocycles. The zero-order valence-electron chi connectivity index (χ0n) is 11.3. The van der Waals surface area contributed by atoms with Gasteiger partial charge in [0.1, 0.15) is 0 Å². The number of halogens is 1. The summed E-state index contributed by atoms with van der Waals surface area (Å²) in [5.74, 6) is -0.0150. The van der Waals surface area contributed by atoms with E-state index in [1.54, 1.807) is 0 Å². The molecule has 20 heavy (non-hydrogen) atoms. The van der Waals surface area contributed by atoms with Gasteiger partial charge in [0.25, 0.3) is 0 Å². The quantitative estimate of drug-likeness (QED) is 0.842. The molecule has 0 aliphatic carbocycles. The second-order valence-electron chi connectivity index (χ2n) is 4.73. The molecule has 2 rings (SSSR count). The Bertz CT molecular complexity index is 613. The van der Waals surface area contributed by atoms with E-state index in [-0.39, 0.29) is 11.9 Å². The number of nitrogen functional groups attached to an aromatic ring is 1. The predicted molar refractivity (Wildman–Crippen MR) is 85.3 cm³/mol. The Kier molecular flexibility index (Phi) is 4.79. The third-order valence-corrected chi connectivity index (χ3v) is 3.79. The van der Waals surface area contributed by atoms with E-state index in [2.05, 4.69) is 21.2 Å². The van der Waals surface area contributed by atoms with Crippen molar-refractivity contribution in [3.8, 4) is 0 Å². The Hall–Kier alpha value is -1.81. The zero-order chi connectivity index (χ0) is 14.5. The van der Waals surface area contributed by atoms with Crippen molar-refractivity contribution in [3.05, 3.63) is 64.1 Å². The Labute approximate surface area is 127 Å². The molecule has 0 spiro atoms. The Morgan fingerprint density at radius 1 is 1.25 bits per heavy atom. The second-order valence-corrected chi connectivity index (χ2v) is 5.59. The van der Waals surface area contributed by atoms with E-state index in [9.17, 15) is 4.79 Å². The summed E-state index contributed by atoms with van der Waals surface area (Å²) in [4.78, 5) is 12.1. The number of hydrogen-bond donors (Lipinski definition) is 2. The Morgan fingerprint density at radius 3 is 2.70 bits per heavy atom. The van der Waals surface area contributed by atoms with Gasteiger partial charge >= 0.3 is 0 Å². The van der Waals surface area contributed by atoms with E-state index in [1.165, 1.54) is 0 Å². The number of nitrogens with one attached hydrogen (secondary N) is 1. The fourth-order valence-corrected chi connectivity index (χ4v) is 2.71. The summed E-state index contributed by atoms with van der Waals surface area (Å²) in [6.45, 7) is 1.97. The molecular formula is C16H17BrN2O. The number of amides is 1. The van der Waals surface area contributed by atoms with Gasteiger partial charge in [0.05, 0.1) is 12.5 Å². The summed E-state index contributed by atoms with van der Waals surface area (Å²) in [6.07, 6.45) is 0.333. The molecule has 0 saturated carbocycles. The molecule has 104 valence electrons. The molecule has 0 fully saturated rings. The van der Waals surface area contributed by atoms with E-state index in [1.807, 2.05) is 55.5 Å². The summed E-state index contributed by atoms with van der Waals surface area (Å²) in [6, 6.07) is 15.2. The number of nitrogens with two attached hydrogens (primary N) is 1. The second kappa shape index (κ2) is 6.57. The molecule has 0 aliphatic heterocycles. The lowest BCUT2D eigenvalue weighted by atomic mass is 10.1. The summed E-state index contributed by atoms with van der Waals surface area (Å²) in [5, 5.41) is 3.00. The average Bonchev–Trinajstić information content (AvgIpc) is 2.38. The van der Waals surface area contributed by atoms with Crippen molar-refractivity contribution in [2.45, 2.75) is 19.4 Å². The van der Waals surface area contributed by atoms with Crippen LogP contribution in [0.25, 0.3) is 0 Å². The molecule has 0 aromatic heterocycles. The molecule has 4 heteroatoms. The van der Waals surface area contributed by atoms with E-state index in [0.29, 0.717) is 12.1 Å². The van der Waals surface area contributed by atoms with Crippen molar-refractivity contribution in [2.75, 3.05) is 5.73 Å². The van der Waals surface area contributed by atoms with Crippen LogP contribution < -0.4 is 11.1 Å². The fourth-order valence-electron chi connectivity index (χ4n) is 2.09.